The van der Waals surface area contributed by atoms with Gasteiger partial charge in [0.1, 0.15) is 26.2 Å². The molecule has 0 spiro atoms. The average molecular weight is 244 g/mol. The summed E-state index contributed by atoms with van der Waals surface area (Å²) in [6.45, 7) is -0.211. The Bertz CT molecular complexity index is 169. The standard InChI is InChI=1S/C5H11BFO3PS2/c6-5-3(7)4(10-11-13-12)2(1-8)9-5/h2-5,8,11-12H,1,6H2/t2-,3+,4?,5-/m1/s1. The van der Waals surface area contributed by atoms with Gasteiger partial charge in [0, 0.05) is 0 Å². The number of thiol groups is 1. The molecule has 1 heterocycles. The number of alkyl halides is 1. The van der Waals surface area contributed by atoms with Crippen molar-refractivity contribution in [2.24, 2.45) is 0 Å². The molecule has 0 aromatic heterocycles. The Morgan fingerprint density at radius 3 is 3.00 bits per heavy atom. The number of hydrogen-bond acceptors (Lipinski definition) is 5. The quantitative estimate of drug-likeness (QED) is 0.319. The van der Waals surface area contributed by atoms with Gasteiger partial charge >= 0.3 is 0 Å². The predicted octanol–water partition coefficient (Wildman–Crippen LogP) is 0.146. The van der Waals surface area contributed by atoms with Crippen molar-refractivity contribution in [1.82, 2.24) is 0 Å². The smallest absolute Gasteiger partial charge is 0.147 e. The van der Waals surface area contributed by atoms with Crippen LogP contribution in [0.5, 0.6) is 0 Å². The predicted molar refractivity (Wildman–Crippen MR) is 59.0 cm³/mol. The Morgan fingerprint density at radius 1 is 1.77 bits per heavy atom. The minimum absolute atomic E-state index is 0.0632. The molecule has 0 bridgehead atoms. The molecule has 3 nitrogen and oxygen atoms in total. The molecule has 1 aliphatic rings. The molecule has 8 heteroatoms. The molecule has 13 heavy (non-hydrogen) atoms. The topological polar surface area (TPSA) is 38.7 Å². The van der Waals surface area contributed by atoms with Gasteiger partial charge in [-0.1, -0.05) is 0 Å². The highest BCUT2D eigenvalue weighted by Gasteiger charge is 2.43. The first-order chi connectivity index (χ1) is 6.20. The van der Waals surface area contributed by atoms with Crippen molar-refractivity contribution >= 4 is 37.9 Å². The summed E-state index contributed by atoms with van der Waals surface area (Å²) in [6, 6.07) is -0.503. The van der Waals surface area contributed by atoms with Crippen LogP contribution in [-0.2, 0) is 9.26 Å². The van der Waals surface area contributed by atoms with Crippen LogP contribution in [-0.4, -0.2) is 43.9 Å². The summed E-state index contributed by atoms with van der Waals surface area (Å²) in [5.41, 5.74) is 0. The van der Waals surface area contributed by atoms with Crippen molar-refractivity contribution in [3.8, 4) is 0 Å². The van der Waals surface area contributed by atoms with Gasteiger partial charge in [0.2, 0.25) is 0 Å². The van der Waals surface area contributed by atoms with Gasteiger partial charge < -0.3 is 14.4 Å². The van der Waals surface area contributed by atoms with Gasteiger partial charge in [-0.05, 0) is 10.4 Å². The molecule has 1 aliphatic heterocycles. The molecule has 0 saturated carbocycles. The summed E-state index contributed by atoms with van der Waals surface area (Å²) in [5, 5.41) is 8.88. The average Bonchev–Trinajstić information content (AvgIpc) is 2.40. The van der Waals surface area contributed by atoms with Crippen molar-refractivity contribution in [1.29, 1.82) is 0 Å². The van der Waals surface area contributed by atoms with Gasteiger partial charge in [-0.15, -0.1) is 11.7 Å². The molecule has 1 rings (SSSR count). The van der Waals surface area contributed by atoms with E-state index in [0.29, 0.717) is 0 Å². The third-order valence-corrected chi connectivity index (χ3v) is 3.55. The zero-order valence-corrected chi connectivity index (χ0v) is 9.72. The second-order valence-electron chi connectivity index (χ2n) is 2.76. The molecule has 0 aromatic rings. The summed E-state index contributed by atoms with van der Waals surface area (Å²) >= 11 is 3.88. The van der Waals surface area contributed by atoms with Crippen LogP contribution >= 0.6 is 30.1 Å². The van der Waals surface area contributed by atoms with Crippen LogP contribution in [0.1, 0.15) is 0 Å². The molecule has 0 aromatic carbocycles. The van der Waals surface area contributed by atoms with E-state index in [1.54, 1.807) is 7.85 Å². The summed E-state index contributed by atoms with van der Waals surface area (Å²) < 4.78 is 23.7. The van der Waals surface area contributed by atoms with E-state index in [2.05, 4.69) is 11.7 Å². The highest BCUT2D eigenvalue weighted by Crippen LogP contribution is 2.39. The van der Waals surface area contributed by atoms with E-state index in [0.717, 1.165) is 0 Å². The summed E-state index contributed by atoms with van der Waals surface area (Å²) in [4.78, 5) is 0. The van der Waals surface area contributed by atoms with E-state index in [1.807, 2.05) is 0 Å². The van der Waals surface area contributed by atoms with Crippen LogP contribution in [0.25, 0.3) is 0 Å². The Labute approximate surface area is 88.0 Å². The van der Waals surface area contributed by atoms with Crippen molar-refractivity contribution in [3.63, 3.8) is 0 Å². The molecule has 0 radical (unpaired) electrons. The molecule has 1 fully saturated rings. The summed E-state index contributed by atoms with van der Waals surface area (Å²) in [6.07, 6.45) is -2.36. The summed E-state index contributed by atoms with van der Waals surface area (Å²) in [7, 11) is 2.90. The van der Waals surface area contributed by atoms with Crippen LogP contribution in [0, 0.1) is 0 Å². The van der Waals surface area contributed by atoms with Gasteiger partial charge in [0.25, 0.3) is 0 Å². The highest BCUT2D eigenvalue weighted by atomic mass is 33.3. The Morgan fingerprint density at radius 2 is 2.46 bits per heavy atom. The molecule has 1 saturated heterocycles. The number of hydrogen-bond donors (Lipinski definition) is 2. The number of ether oxygens (including phenoxy) is 1. The first-order valence-corrected chi connectivity index (χ1v) is 7.32. The van der Waals surface area contributed by atoms with Crippen LogP contribution in [0.4, 0.5) is 4.39 Å². The fraction of sp³-hybridized carbons (Fsp3) is 1.00. The fourth-order valence-electron chi connectivity index (χ4n) is 1.27. The van der Waals surface area contributed by atoms with Gasteiger partial charge in [0.05, 0.1) is 20.6 Å². The zero-order chi connectivity index (χ0) is 9.84. The maximum Gasteiger partial charge on any atom is 0.147 e. The van der Waals surface area contributed by atoms with Crippen molar-refractivity contribution in [2.45, 2.75) is 24.4 Å². The number of halogens is 1. The van der Waals surface area contributed by atoms with Gasteiger partial charge in [-0.25, -0.2) is 4.39 Å². The van der Waals surface area contributed by atoms with E-state index >= 15 is 0 Å². The molecule has 0 aliphatic carbocycles. The molecule has 2 unspecified atom stereocenters. The Hall–Kier alpha value is 1.00. The van der Waals surface area contributed by atoms with Crippen molar-refractivity contribution in [2.75, 3.05) is 6.61 Å². The first kappa shape index (κ1) is 12.1. The number of aliphatic hydroxyl groups is 1. The molecular weight excluding hydrogens is 233 g/mol. The van der Waals surface area contributed by atoms with E-state index in [9.17, 15) is 4.39 Å². The van der Waals surface area contributed by atoms with Gasteiger partial charge in [0.15, 0.2) is 0 Å². The van der Waals surface area contributed by atoms with Crippen LogP contribution in [0.3, 0.4) is 0 Å². The normalized spacial score (nSPS) is 40.5. The number of rotatable bonds is 4. The van der Waals surface area contributed by atoms with Gasteiger partial charge in [-0.3, -0.25) is 0 Å². The van der Waals surface area contributed by atoms with E-state index in [-0.39, 0.29) is 14.6 Å². The van der Waals surface area contributed by atoms with E-state index in [4.69, 9.17) is 14.4 Å². The maximum atomic E-state index is 13.4. The van der Waals surface area contributed by atoms with Crippen molar-refractivity contribution < 1.29 is 18.8 Å². The van der Waals surface area contributed by atoms with Crippen LogP contribution in [0.15, 0.2) is 0 Å². The van der Waals surface area contributed by atoms with Crippen LogP contribution in [0.2, 0.25) is 0 Å². The number of aliphatic hydroxyl groups excluding tert-OH is 1. The molecule has 5 atom stereocenters. The van der Waals surface area contributed by atoms with Crippen molar-refractivity contribution in [3.05, 3.63) is 0 Å². The lowest BCUT2D eigenvalue weighted by Gasteiger charge is -2.16. The molecule has 1 N–H and O–H groups in total. The minimum atomic E-state index is -1.16. The summed E-state index contributed by atoms with van der Waals surface area (Å²) in [5.74, 6) is 0. The maximum absolute atomic E-state index is 13.4. The molecule has 76 valence electrons. The third kappa shape index (κ3) is 2.98. The molecule has 0 amide bonds. The van der Waals surface area contributed by atoms with Crippen LogP contribution < -0.4 is 0 Å². The molecular formula is C5H11BFO3PS2. The lowest BCUT2D eigenvalue weighted by molar-refractivity contribution is 0.00782. The Kier molecular flexibility index (Phi) is 5.37. The Balaban J connectivity index is 2.47. The zero-order valence-electron chi connectivity index (χ0n) is 7.01. The lowest BCUT2D eigenvalue weighted by atomic mass is 9.94. The monoisotopic (exact) mass is 244 g/mol. The largest absolute Gasteiger partial charge is 0.394 e. The van der Waals surface area contributed by atoms with E-state index in [1.165, 1.54) is 10.4 Å². The SMILES string of the molecule is B[C@@H]1O[C@H](CO)C(OPSS)[C@@H]1F. The van der Waals surface area contributed by atoms with E-state index < -0.39 is 24.4 Å². The third-order valence-electron chi connectivity index (χ3n) is 1.92. The second kappa shape index (κ2) is 5.78. The van der Waals surface area contributed by atoms with Gasteiger partial charge in [-0.2, -0.15) is 0 Å². The minimum Gasteiger partial charge on any atom is -0.394 e. The first-order valence-electron chi connectivity index (χ1n) is 3.82. The highest BCUT2D eigenvalue weighted by molar-refractivity contribution is 8.90. The lowest BCUT2D eigenvalue weighted by Crippen LogP contribution is -2.32. The second-order valence-corrected chi connectivity index (χ2v) is 6.04. The fourth-order valence-corrected chi connectivity index (χ4v) is 2.55.